The van der Waals surface area contributed by atoms with Crippen LogP contribution in [-0.2, 0) is 6.54 Å². The van der Waals surface area contributed by atoms with Crippen LogP contribution in [0.25, 0.3) is 0 Å². The minimum Gasteiger partial charge on any atom is -0.393 e. The van der Waals surface area contributed by atoms with Gasteiger partial charge in [-0.05, 0) is 43.5 Å². The number of hydrogen-bond acceptors (Lipinski definition) is 3. The smallest absolute Gasteiger partial charge is 0.0549 e. The predicted octanol–water partition coefficient (Wildman–Crippen LogP) is 1.97. The Bertz CT molecular complexity index is 367. The third kappa shape index (κ3) is 3.55. The van der Waals surface area contributed by atoms with E-state index in [1.54, 1.807) is 0 Å². The van der Waals surface area contributed by atoms with Crippen molar-refractivity contribution in [2.75, 3.05) is 13.1 Å². The number of fused-ring (bicyclic) bond motifs is 1. The summed E-state index contributed by atoms with van der Waals surface area (Å²) in [6, 6.07) is 9.04. The standard InChI is InChI=1S/C15H24N2O/c1-2-13(18)7-10-17-15-8-9-16-11-12-5-3-4-6-14(12)15/h3-6,13,15-18H,2,7-11H2,1H3. The number of benzene rings is 1. The lowest BCUT2D eigenvalue weighted by atomic mass is 9.99. The van der Waals surface area contributed by atoms with E-state index in [2.05, 4.69) is 34.9 Å². The second-order valence-corrected chi connectivity index (χ2v) is 5.02. The molecule has 0 amide bonds. The summed E-state index contributed by atoms with van der Waals surface area (Å²) in [4.78, 5) is 0. The summed E-state index contributed by atoms with van der Waals surface area (Å²) < 4.78 is 0. The molecule has 0 bridgehead atoms. The van der Waals surface area contributed by atoms with Gasteiger partial charge in [-0.3, -0.25) is 0 Å². The highest BCUT2D eigenvalue weighted by Crippen LogP contribution is 2.23. The van der Waals surface area contributed by atoms with Crippen LogP contribution in [0.4, 0.5) is 0 Å². The number of rotatable bonds is 5. The molecular formula is C15H24N2O. The van der Waals surface area contributed by atoms with Crippen molar-refractivity contribution in [2.24, 2.45) is 0 Å². The van der Waals surface area contributed by atoms with Crippen LogP contribution in [0, 0.1) is 0 Å². The second kappa shape index (κ2) is 6.88. The molecule has 0 saturated heterocycles. The van der Waals surface area contributed by atoms with E-state index >= 15 is 0 Å². The summed E-state index contributed by atoms with van der Waals surface area (Å²) in [5.41, 5.74) is 2.80. The Labute approximate surface area is 110 Å². The largest absolute Gasteiger partial charge is 0.393 e. The van der Waals surface area contributed by atoms with Gasteiger partial charge in [0.05, 0.1) is 6.10 Å². The Hall–Kier alpha value is -0.900. The van der Waals surface area contributed by atoms with Crippen molar-refractivity contribution < 1.29 is 5.11 Å². The quantitative estimate of drug-likeness (QED) is 0.746. The molecule has 3 nitrogen and oxygen atoms in total. The van der Waals surface area contributed by atoms with Crippen molar-refractivity contribution in [3.05, 3.63) is 35.4 Å². The van der Waals surface area contributed by atoms with Crippen molar-refractivity contribution in [3.63, 3.8) is 0 Å². The Kier molecular flexibility index (Phi) is 5.17. The fourth-order valence-corrected chi connectivity index (χ4v) is 2.50. The highest BCUT2D eigenvalue weighted by atomic mass is 16.3. The molecule has 1 aromatic rings. The first-order valence-electron chi connectivity index (χ1n) is 7.01. The zero-order chi connectivity index (χ0) is 12.8. The maximum absolute atomic E-state index is 9.59. The van der Waals surface area contributed by atoms with Crippen LogP contribution in [0.2, 0.25) is 0 Å². The molecule has 1 heterocycles. The molecule has 0 radical (unpaired) electrons. The average Bonchev–Trinajstić information content (AvgIpc) is 2.61. The van der Waals surface area contributed by atoms with E-state index in [4.69, 9.17) is 0 Å². The third-order valence-electron chi connectivity index (χ3n) is 3.70. The lowest BCUT2D eigenvalue weighted by Gasteiger charge is -2.19. The summed E-state index contributed by atoms with van der Waals surface area (Å²) in [5, 5.41) is 16.6. The van der Waals surface area contributed by atoms with Gasteiger partial charge in [-0.1, -0.05) is 31.2 Å². The monoisotopic (exact) mass is 248 g/mol. The van der Waals surface area contributed by atoms with E-state index in [1.165, 1.54) is 11.1 Å². The Morgan fingerprint density at radius 3 is 3.11 bits per heavy atom. The molecule has 0 aliphatic carbocycles. The molecule has 100 valence electrons. The van der Waals surface area contributed by atoms with Crippen molar-refractivity contribution in [1.82, 2.24) is 10.6 Å². The normalized spacial score (nSPS) is 21.1. The Morgan fingerprint density at radius 1 is 1.44 bits per heavy atom. The molecule has 3 heteroatoms. The molecule has 2 rings (SSSR count). The van der Waals surface area contributed by atoms with Gasteiger partial charge in [-0.15, -0.1) is 0 Å². The van der Waals surface area contributed by atoms with Crippen LogP contribution in [-0.4, -0.2) is 24.3 Å². The van der Waals surface area contributed by atoms with Crippen molar-refractivity contribution in [1.29, 1.82) is 0 Å². The van der Waals surface area contributed by atoms with E-state index in [0.717, 1.165) is 38.9 Å². The topological polar surface area (TPSA) is 44.3 Å². The first kappa shape index (κ1) is 13.5. The molecular weight excluding hydrogens is 224 g/mol. The van der Waals surface area contributed by atoms with Crippen molar-refractivity contribution in [3.8, 4) is 0 Å². The summed E-state index contributed by atoms with van der Waals surface area (Å²) >= 11 is 0. The van der Waals surface area contributed by atoms with E-state index < -0.39 is 0 Å². The number of aliphatic hydroxyl groups is 1. The zero-order valence-electron chi connectivity index (χ0n) is 11.2. The van der Waals surface area contributed by atoms with Gasteiger partial charge in [0.15, 0.2) is 0 Å². The average molecular weight is 248 g/mol. The molecule has 1 aromatic carbocycles. The van der Waals surface area contributed by atoms with Gasteiger partial charge < -0.3 is 15.7 Å². The van der Waals surface area contributed by atoms with Gasteiger partial charge in [-0.2, -0.15) is 0 Å². The molecule has 2 unspecified atom stereocenters. The molecule has 18 heavy (non-hydrogen) atoms. The maximum atomic E-state index is 9.59. The Morgan fingerprint density at radius 2 is 2.28 bits per heavy atom. The minimum absolute atomic E-state index is 0.170. The van der Waals surface area contributed by atoms with E-state index in [-0.39, 0.29) is 6.10 Å². The minimum atomic E-state index is -0.170. The summed E-state index contributed by atoms with van der Waals surface area (Å²) in [6.07, 6.45) is 2.61. The van der Waals surface area contributed by atoms with Gasteiger partial charge in [0, 0.05) is 12.6 Å². The number of hydrogen-bond donors (Lipinski definition) is 3. The van der Waals surface area contributed by atoms with Gasteiger partial charge >= 0.3 is 0 Å². The molecule has 1 aliphatic rings. The van der Waals surface area contributed by atoms with Gasteiger partial charge in [0.2, 0.25) is 0 Å². The van der Waals surface area contributed by atoms with E-state index in [0.29, 0.717) is 6.04 Å². The van der Waals surface area contributed by atoms with Crippen LogP contribution < -0.4 is 10.6 Å². The van der Waals surface area contributed by atoms with Gasteiger partial charge in [0.1, 0.15) is 0 Å². The van der Waals surface area contributed by atoms with Gasteiger partial charge in [-0.25, -0.2) is 0 Å². The second-order valence-electron chi connectivity index (χ2n) is 5.02. The maximum Gasteiger partial charge on any atom is 0.0549 e. The lowest BCUT2D eigenvalue weighted by molar-refractivity contribution is 0.158. The molecule has 0 aromatic heterocycles. The Balaban J connectivity index is 1.95. The van der Waals surface area contributed by atoms with Crippen LogP contribution in [0.1, 0.15) is 43.4 Å². The fraction of sp³-hybridized carbons (Fsp3) is 0.600. The van der Waals surface area contributed by atoms with Crippen LogP contribution in [0.5, 0.6) is 0 Å². The number of aliphatic hydroxyl groups excluding tert-OH is 1. The van der Waals surface area contributed by atoms with Crippen LogP contribution in [0.3, 0.4) is 0 Å². The van der Waals surface area contributed by atoms with Crippen molar-refractivity contribution >= 4 is 0 Å². The van der Waals surface area contributed by atoms with E-state index in [1.807, 2.05) is 6.92 Å². The van der Waals surface area contributed by atoms with Crippen LogP contribution >= 0.6 is 0 Å². The molecule has 0 spiro atoms. The summed E-state index contributed by atoms with van der Waals surface area (Å²) in [6.45, 7) is 4.91. The SMILES string of the molecule is CCC(O)CCNC1CCNCc2ccccc21. The highest BCUT2D eigenvalue weighted by molar-refractivity contribution is 5.30. The third-order valence-corrected chi connectivity index (χ3v) is 3.70. The van der Waals surface area contributed by atoms with Crippen molar-refractivity contribution in [2.45, 2.75) is 44.9 Å². The first-order valence-corrected chi connectivity index (χ1v) is 7.01. The molecule has 3 N–H and O–H groups in total. The molecule has 1 aliphatic heterocycles. The zero-order valence-corrected chi connectivity index (χ0v) is 11.2. The van der Waals surface area contributed by atoms with E-state index in [9.17, 15) is 5.11 Å². The number of nitrogens with one attached hydrogen (secondary N) is 2. The molecule has 2 atom stereocenters. The molecule has 0 saturated carbocycles. The summed E-state index contributed by atoms with van der Waals surface area (Å²) in [7, 11) is 0. The van der Waals surface area contributed by atoms with Crippen LogP contribution in [0.15, 0.2) is 24.3 Å². The summed E-state index contributed by atoms with van der Waals surface area (Å²) in [5.74, 6) is 0. The predicted molar refractivity (Wildman–Crippen MR) is 74.4 cm³/mol. The fourth-order valence-electron chi connectivity index (χ4n) is 2.50. The lowest BCUT2D eigenvalue weighted by Crippen LogP contribution is -2.26. The highest BCUT2D eigenvalue weighted by Gasteiger charge is 2.17. The first-order chi connectivity index (χ1) is 8.81. The molecule has 0 fully saturated rings. The van der Waals surface area contributed by atoms with Gasteiger partial charge in [0.25, 0.3) is 0 Å².